The van der Waals surface area contributed by atoms with Crippen LogP contribution in [0.15, 0.2) is 24.3 Å². The average Bonchev–Trinajstić information content (AvgIpc) is 2.23. The van der Waals surface area contributed by atoms with Gasteiger partial charge in [0.25, 0.3) is 0 Å². The second kappa shape index (κ2) is 5.30. The minimum Gasteiger partial charge on any atom is -0.369 e. The molecule has 1 heterocycles. The van der Waals surface area contributed by atoms with Crippen LogP contribution in [0.3, 0.4) is 0 Å². The molecule has 0 radical (unpaired) electrons. The summed E-state index contributed by atoms with van der Waals surface area (Å²) in [6.07, 6.45) is 1.15. The molecule has 88 valence electrons. The van der Waals surface area contributed by atoms with Crippen LogP contribution < -0.4 is 10.2 Å². The fourth-order valence-corrected chi connectivity index (χ4v) is 2.05. The van der Waals surface area contributed by atoms with Gasteiger partial charge in [-0.2, -0.15) is 0 Å². The van der Waals surface area contributed by atoms with E-state index < -0.39 is 0 Å². The predicted molar refractivity (Wildman–Crippen MR) is 65.3 cm³/mol. The molecule has 0 atom stereocenters. The highest BCUT2D eigenvalue weighted by Gasteiger charge is 2.18. The zero-order chi connectivity index (χ0) is 11.4. The Bertz CT molecular complexity index is 336. The van der Waals surface area contributed by atoms with Crippen LogP contribution >= 0.6 is 0 Å². The van der Waals surface area contributed by atoms with Crippen molar-refractivity contribution in [1.82, 2.24) is 5.32 Å². The molecule has 1 aliphatic heterocycles. The molecule has 0 unspecified atom stereocenters. The van der Waals surface area contributed by atoms with E-state index in [1.165, 1.54) is 6.07 Å². The van der Waals surface area contributed by atoms with Crippen molar-refractivity contribution in [2.45, 2.75) is 13.3 Å². The molecule has 1 aromatic rings. The number of hydrogen-bond acceptors (Lipinski definition) is 2. The van der Waals surface area contributed by atoms with E-state index in [0.717, 1.165) is 44.2 Å². The Kier molecular flexibility index (Phi) is 3.78. The third kappa shape index (κ3) is 2.53. The van der Waals surface area contributed by atoms with E-state index in [9.17, 15) is 4.39 Å². The zero-order valence-corrected chi connectivity index (χ0v) is 9.75. The number of nitrogens with zero attached hydrogens (tertiary/aromatic N) is 1. The van der Waals surface area contributed by atoms with Crippen molar-refractivity contribution in [1.29, 1.82) is 0 Å². The first-order valence-electron chi connectivity index (χ1n) is 6.01. The summed E-state index contributed by atoms with van der Waals surface area (Å²) in [5, 5.41) is 3.26. The van der Waals surface area contributed by atoms with E-state index in [-0.39, 0.29) is 5.82 Å². The highest BCUT2D eigenvalue weighted by molar-refractivity contribution is 5.47. The van der Waals surface area contributed by atoms with E-state index in [0.29, 0.717) is 0 Å². The van der Waals surface area contributed by atoms with Crippen molar-refractivity contribution < 1.29 is 4.39 Å². The molecule has 16 heavy (non-hydrogen) atoms. The quantitative estimate of drug-likeness (QED) is 0.822. The third-order valence-electron chi connectivity index (χ3n) is 3.25. The Labute approximate surface area is 96.5 Å². The molecule has 3 heteroatoms. The van der Waals surface area contributed by atoms with E-state index in [4.69, 9.17) is 0 Å². The SMILES string of the molecule is CCN(CCC1CNC1)c1ccccc1F. The Hall–Kier alpha value is -1.09. The highest BCUT2D eigenvalue weighted by atomic mass is 19.1. The summed E-state index contributed by atoms with van der Waals surface area (Å²) in [6, 6.07) is 7.02. The predicted octanol–water partition coefficient (Wildman–Crippen LogP) is 2.26. The van der Waals surface area contributed by atoms with E-state index in [1.54, 1.807) is 6.07 Å². The average molecular weight is 222 g/mol. The Morgan fingerprint density at radius 3 is 2.69 bits per heavy atom. The van der Waals surface area contributed by atoms with Crippen LogP contribution in [0.2, 0.25) is 0 Å². The Morgan fingerprint density at radius 2 is 2.12 bits per heavy atom. The largest absolute Gasteiger partial charge is 0.369 e. The van der Waals surface area contributed by atoms with Crippen LogP contribution in [-0.4, -0.2) is 26.2 Å². The van der Waals surface area contributed by atoms with Gasteiger partial charge >= 0.3 is 0 Å². The van der Waals surface area contributed by atoms with Gasteiger partial charge in [0.1, 0.15) is 5.82 Å². The maximum Gasteiger partial charge on any atom is 0.146 e. The lowest BCUT2D eigenvalue weighted by atomic mass is 9.99. The molecule has 2 nitrogen and oxygen atoms in total. The summed E-state index contributed by atoms with van der Waals surface area (Å²) in [6.45, 7) is 6.12. The normalized spacial score (nSPS) is 15.9. The van der Waals surface area contributed by atoms with Gasteiger partial charge < -0.3 is 10.2 Å². The van der Waals surface area contributed by atoms with Gasteiger partial charge in [-0.15, -0.1) is 0 Å². The summed E-state index contributed by atoms with van der Waals surface area (Å²) >= 11 is 0. The molecular formula is C13H19FN2. The molecule has 0 aliphatic carbocycles. The number of nitrogens with one attached hydrogen (secondary N) is 1. The van der Waals surface area contributed by atoms with Gasteiger partial charge in [0.2, 0.25) is 0 Å². The number of anilines is 1. The first-order valence-corrected chi connectivity index (χ1v) is 6.01. The highest BCUT2D eigenvalue weighted by Crippen LogP contribution is 2.20. The van der Waals surface area contributed by atoms with Crippen molar-refractivity contribution in [3.05, 3.63) is 30.1 Å². The molecule has 1 N–H and O–H groups in total. The minimum absolute atomic E-state index is 0.115. The lowest BCUT2D eigenvalue weighted by Crippen LogP contribution is -2.43. The number of para-hydroxylation sites is 1. The van der Waals surface area contributed by atoms with Crippen LogP contribution in [0.25, 0.3) is 0 Å². The first-order chi connectivity index (χ1) is 7.81. The molecule has 0 amide bonds. The van der Waals surface area contributed by atoms with Gasteiger partial charge in [0, 0.05) is 13.1 Å². The van der Waals surface area contributed by atoms with Crippen molar-refractivity contribution in [3.63, 3.8) is 0 Å². The smallest absolute Gasteiger partial charge is 0.146 e. The summed E-state index contributed by atoms with van der Waals surface area (Å²) in [4.78, 5) is 2.12. The Morgan fingerprint density at radius 1 is 1.38 bits per heavy atom. The Balaban J connectivity index is 1.95. The van der Waals surface area contributed by atoms with Crippen molar-refractivity contribution in [2.24, 2.45) is 5.92 Å². The fourth-order valence-electron chi connectivity index (χ4n) is 2.05. The molecule has 0 saturated carbocycles. The molecule has 2 rings (SSSR count). The van der Waals surface area contributed by atoms with Crippen LogP contribution in [0.4, 0.5) is 10.1 Å². The van der Waals surface area contributed by atoms with E-state index in [1.807, 2.05) is 12.1 Å². The minimum atomic E-state index is -0.115. The number of halogens is 1. The summed E-state index contributed by atoms with van der Waals surface area (Å²) in [7, 11) is 0. The van der Waals surface area contributed by atoms with Crippen LogP contribution in [-0.2, 0) is 0 Å². The van der Waals surface area contributed by atoms with Gasteiger partial charge in [0.15, 0.2) is 0 Å². The standard InChI is InChI=1S/C13H19FN2/c1-2-16(8-7-11-9-15-10-11)13-6-4-3-5-12(13)14/h3-6,11,15H,2,7-10H2,1H3. The maximum absolute atomic E-state index is 13.6. The monoisotopic (exact) mass is 222 g/mol. The molecule has 0 bridgehead atoms. The maximum atomic E-state index is 13.6. The summed E-state index contributed by atoms with van der Waals surface area (Å²) in [5.74, 6) is 0.664. The molecule has 1 saturated heterocycles. The van der Waals surface area contributed by atoms with Gasteiger partial charge in [-0.05, 0) is 44.5 Å². The zero-order valence-electron chi connectivity index (χ0n) is 9.75. The van der Waals surface area contributed by atoms with Crippen molar-refractivity contribution >= 4 is 5.69 Å². The topological polar surface area (TPSA) is 15.3 Å². The third-order valence-corrected chi connectivity index (χ3v) is 3.25. The molecule has 1 aromatic carbocycles. The summed E-state index contributed by atoms with van der Waals surface area (Å²) < 4.78 is 13.6. The molecular weight excluding hydrogens is 203 g/mol. The number of rotatable bonds is 5. The van der Waals surface area contributed by atoms with Gasteiger partial charge in [-0.3, -0.25) is 0 Å². The van der Waals surface area contributed by atoms with Crippen LogP contribution in [0, 0.1) is 11.7 Å². The number of benzene rings is 1. The van der Waals surface area contributed by atoms with Gasteiger partial charge in [-0.1, -0.05) is 12.1 Å². The van der Waals surface area contributed by atoms with Gasteiger partial charge in [0.05, 0.1) is 5.69 Å². The van der Waals surface area contributed by atoms with E-state index in [2.05, 4.69) is 17.1 Å². The second-order valence-electron chi connectivity index (χ2n) is 4.34. The fraction of sp³-hybridized carbons (Fsp3) is 0.538. The van der Waals surface area contributed by atoms with E-state index >= 15 is 0 Å². The molecule has 1 aliphatic rings. The first kappa shape index (κ1) is 11.4. The van der Waals surface area contributed by atoms with Crippen LogP contribution in [0.5, 0.6) is 0 Å². The van der Waals surface area contributed by atoms with Crippen LogP contribution in [0.1, 0.15) is 13.3 Å². The van der Waals surface area contributed by atoms with Crippen molar-refractivity contribution in [3.8, 4) is 0 Å². The van der Waals surface area contributed by atoms with Crippen molar-refractivity contribution in [2.75, 3.05) is 31.1 Å². The second-order valence-corrected chi connectivity index (χ2v) is 4.34. The molecule has 1 fully saturated rings. The molecule has 0 aromatic heterocycles. The summed E-state index contributed by atoms with van der Waals surface area (Å²) in [5.41, 5.74) is 0.734. The number of hydrogen-bond donors (Lipinski definition) is 1. The van der Waals surface area contributed by atoms with Gasteiger partial charge in [-0.25, -0.2) is 4.39 Å². The lowest BCUT2D eigenvalue weighted by molar-refractivity contribution is 0.329. The lowest BCUT2D eigenvalue weighted by Gasteiger charge is -2.31. The molecule has 0 spiro atoms.